The van der Waals surface area contributed by atoms with Gasteiger partial charge >= 0.3 is 0 Å². The second-order valence-electron chi connectivity index (χ2n) is 12.5. The summed E-state index contributed by atoms with van der Waals surface area (Å²) in [5.41, 5.74) is 0.245. The average molecular weight is 752 g/mol. The highest BCUT2D eigenvalue weighted by Crippen LogP contribution is 2.30. The van der Waals surface area contributed by atoms with E-state index in [0.29, 0.717) is 30.2 Å². The smallest absolute Gasteiger partial charge is 0.261 e. The Labute approximate surface area is 300 Å². The number of hydrogen-bond donors (Lipinski definition) is 2. The Bertz CT molecular complexity index is 1810. The summed E-state index contributed by atoms with van der Waals surface area (Å²) < 4.78 is 74.9. The van der Waals surface area contributed by atoms with Gasteiger partial charge in [0, 0.05) is 43.4 Å². The van der Waals surface area contributed by atoms with Gasteiger partial charge in [-0.05, 0) is 99.8 Å². The molecule has 4 rings (SSSR count). The third kappa shape index (κ3) is 9.89. The Morgan fingerprint density at radius 3 is 2.32 bits per heavy atom. The minimum absolute atomic E-state index is 0.00690. The number of aliphatic hydroxyl groups is 1. The van der Waals surface area contributed by atoms with Crippen LogP contribution in [0.25, 0.3) is 0 Å². The van der Waals surface area contributed by atoms with Gasteiger partial charge in [-0.2, -0.15) is 4.31 Å². The molecule has 0 unspecified atom stereocenters. The first-order valence-electron chi connectivity index (χ1n) is 16.4. The molecule has 0 saturated carbocycles. The van der Waals surface area contributed by atoms with Crippen LogP contribution in [0.2, 0.25) is 5.02 Å². The highest BCUT2D eigenvalue weighted by molar-refractivity contribution is 7.92. The molecule has 0 radical (unpaired) electrons. The van der Waals surface area contributed by atoms with Crippen LogP contribution in [-0.4, -0.2) is 95.8 Å². The lowest BCUT2D eigenvalue weighted by molar-refractivity contribution is -0.00833. The van der Waals surface area contributed by atoms with Crippen molar-refractivity contribution in [3.8, 4) is 11.5 Å². The zero-order valence-electron chi connectivity index (χ0n) is 28.9. The summed E-state index contributed by atoms with van der Waals surface area (Å²) in [4.78, 5) is 16.0. The number of hydrogen-bond acceptors (Lipinski definition) is 9. The normalized spacial score (nSPS) is 20.4. The number of methoxy groups -OCH3 is 1. The Morgan fingerprint density at radius 2 is 1.68 bits per heavy atom. The number of likely N-dealkylation sites (N-methyl/N-ethyl adjacent to an activating group) is 1. The molecule has 1 heterocycles. The van der Waals surface area contributed by atoms with Gasteiger partial charge < -0.3 is 24.2 Å². The lowest BCUT2D eigenvalue weighted by Gasteiger charge is -2.35. The number of fused-ring (bicyclic) bond motifs is 1. The molecular weight excluding hydrogens is 706 g/mol. The van der Waals surface area contributed by atoms with Crippen molar-refractivity contribution in [2.45, 2.75) is 68.1 Å². The molecular formula is C35H46ClN3O9S2. The number of aliphatic hydroxyl groups excluding tert-OH is 1. The van der Waals surface area contributed by atoms with Crippen molar-refractivity contribution in [3.05, 3.63) is 77.3 Å². The van der Waals surface area contributed by atoms with Crippen LogP contribution in [0.5, 0.6) is 11.5 Å². The number of rotatable bonds is 10. The number of nitrogens with one attached hydrogen (secondary N) is 1. The molecule has 0 saturated heterocycles. The van der Waals surface area contributed by atoms with Gasteiger partial charge in [-0.15, -0.1) is 0 Å². The van der Waals surface area contributed by atoms with Crippen LogP contribution in [0.4, 0.5) is 5.69 Å². The number of halogens is 1. The van der Waals surface area contributed by atoms with E-state index in [-0.39, 0.29) is 58.5 Å². The predicted molar refractivity (Wildman–Crippen MR) is 192 cm³/mol. The minimum atomic E-state index is -4.02. The molecule has 1 amide bonds. The molecule has 274 valence electrons. The van der Waals surface area contributed by atoms with Crippen molar-refractivity contribution in [2.75, 3.05) is 45.2 Å². The SMILES string of the molecule is COc1ccc(S(=O)(=O)N(C)C[C@@H]2OCCCC[C@@H](C)Oc3ccc(NS(=O)(=O)c4ccc(Cl)cc4)cc3C(=O)N([C@H](C)CO)C[C@H]2C)cc1. The van der Waals surface area contributed by atoms with E-state index >= 15 is 0 Å². The Balaban J connectivity index is 1.66. The van der Waals surface area contributed by atoms with Crippen LogP contribution in [0, 0.1) is 5.92 Å². The second-order valence-corrected chi connectivity index (χ2v) is 16.7. The highest BCUT2D eigenvalue weighted by Gasteiger charge is 2.32. The molecule has 3 aromatic rings. The first-order valence-corrected chi connectivity index (χ1v) is 19.7. The lowest BCUT2D eigenvalue weighted by Crippen LogP contribution is -2.48. The minimum Gasteiger partial charge on any atom is -0.497 e. The topological polar surface area (TPSA) is 152 Å². The summed E-state index contributed by atoms with van der Waals surface area (Å²) in [6.07, 6.45) is 1.19. The Hall–Kier alpha value is -3.40. The predicted octanol–water partition coefficient (Wildman–Crippen LogP) is 5.27. The molecule has 1 aliphatic rings. The van der Waals surface area contributed by atoms with Gasteiger partial charge in [-0.25, -0.2) is 16.8 Å². The maximum Gasteiger partial charge on any atom is 0.261 e. The summed E-state index contributed by atoms with van der Waals surface area (Å²) in [5.74, 6) is -0.0814. The number of amides is 1. The monoisotopic (exact) mass is 751 g/mol. The molecule has 1 aliphatic heterocycles. The lowest BCUT2D eigenvalue weighted by atomic mass is 10.0. The van der Waals surface area contributed by atoms with E-state index in [4.69, 9.17) is 25.8 Å². The van der Waals surface area contributed by atoms with E-state index in [9.17, 15) is 26.7 Å². The Morgan fingerprint density at radius 1 is 1.02 bits per heavy atom. The number of ether oxygens (including phenoxy) is 3. The Kier molecular flexibility index (Phi) is 13.6. The average Bonchev–Trinajstić information content (AvgIpc) is 3.09. The van der Waals surface area contributed by atoms with E-state index in [0.717, 1.165) is 6.42 Å². The van der Waals surface area contributed by atoms with Crippen molar-refractivity contribution < 1.29 is 40.9 Å². The third-order valence-electron chi connectivity index (χ3n) is 8.63. The molecule has 0 aliphatic carbocycles. The van der Waals surface area contributed by atoms with Gasteiger partial charge in [0.2, 0.25) is 10.0 Å². The van der Waals surface area contributed by atoms with Crippen molar-refractivity contribution in [2.24, 2.45) is 5.92 Å². The van der Waals surface area contributed by atoms with E-state index in [1.165, 1.54) is 71.9 Å². The standard InChI is InChI=1S/C35H46ClN3O9S2/c1-24-21-39(25(2)23-40)35(41)32-20-28(37-49(42,43)30-14-9-27(36)10-15-30)11-18-33(32)48-26(3)8-6-7-19-47-34(24)22-38(4)50(44,45)31-16-12-29(46-5)13-17-31/h9-18,20,24-26,34,37,40H,6-8,19,21-23H2,1-5H3/t24-,25-,26-,34+/m1/s1. The number of benzene rings is 3. The van der Waals surface area contributed by atoms with Crippen LogP contribution in [0.15, 0.2) is 76.5 Å². The first-order chi connectivity index (χ1) is 23.7. The fourth-order valence-corrected chi connectivity index (χ4v) is 7.91. The fourth-order valence-electron chi connectivity index (χ4n) is 5.56. The van der Waals surface area contributed by atoms with Crippen molar-refractivity contribution in [1.82, 2.24) is 9.21 Å². The summed E-state index contributed by atoms with van der Waals surface area (Å²) >= 11 is 5.94. The van der Waals surface area contributed by atoms with Gasteiger partial charge in [0.1, 0.15) is 11.5 Å². The summed E-state index contributed by atoms with van der Waals surface area (Å²) in [5, 5.41) is 10.6. The largest absolute Gasteiger partial charge is 0.497 e. The van der Waals surface area contributed by atoms with E-state index in [1.807, 2.05) is 13.8 Å². The van der Waals surface area contributed by atoms with E-state index in [2.05, 4.69) is 4.72 Å². The number of anilines is 1. The van der Waals surface area contributed by atoms with Crippen LogP contribution < -0.4 is 14.2 Å². The zero-order valence-corrected chi connectivity index (χ0v) is 31.3. The molecule has 3 aromatic carbocycles. The number of nitrogens with zero attached hydrogens (tertiary/aromatic N) is 2. The van der Waals surface area contributed by atoms with Crippen molar-refractivity contribution in [1.29, 1.82) is 0 Å². The molecule has 0 fully saturated rings. The molecule has 0 aromatic heterocycles. The maximum absolute atomic E-state index is 14.4. The quantitative estimate of drug-likeness (QED) is 0.283. The van der Waals surface area contributed by atoms with Gasteiger partial charge in [-0.1, -0.05) is 18.5 Å². The van der Waals surface area contributed by atoms with Crippen LogP contribution in [0.1, 0.15) is 50.4 Å². The number of sulfonamides is 2. The third-order valence-corrected chi connectivity index (χ3v) is 12.1. The molecule has 0 bridgehead atoms. The fraction of sp³-hybridized carbons (Fsp3) is 0.457. The second kappa shape index (κ2) is 17.2. The number of carbonyl (C=O) groups excluding carboxylic acids is 1. The molecule has 4 atom stereocenters. The summed E-state index contributed by atoms with van der Waals surface area (Å²) in [6.45, 7) is 5.57. The zero-order chi connectivity index (χ0) is 36.6. The summed E-state index contributed by atoms with van der Waals surface area (Å²) in [6, 6.07) is 15.7. The molecule has 50 heavy (non-hydrogen) atoms. The summed E-state index contributed by atoms with van der Waals surface area (Å²) in [7, 11) is -4.92. The maximum atomic E-state index is 14.4. The van der Waals surface area contributed by atoms with E-state index in [1.54, 1.807) is 25.1 Å². The first kappa shape index (κ1) is 39.4. The van der Waals surface area contributed by atoms with Gasteiger partial charge in [0.15, 0.2) is 0 Å². The van der Waals surface area contributed by atoms with Crippen LogP contribution in [0.3, 0.4) is 0 Å². The van der Waals surface area contributed by atoms with Crippen LogP contribution >= 0.6 is 11.6 Å². The molecule has 2 N–H and O–H groups in total. The van der Waals surface area contributed by atoms with Crippen molar-refractivity contribution in [3.63, 3.8) is 0 Å². The highest BCUT2D eigenvalue weighted by atomic mass is 35.5. The van der Waals surface area contributed by atoms with Crippen LogP contribution in [-0.2, 0) is 24.8 Å². The van der Waals surface area contributed by atoms with Gasteiger partial charge in [-0.3, -0.25) is 9.52 Å². The molecule has 0 spiro atoms. The molecule has 12 nitrogen and oxygen atoms in total. The van der Waals surface area contributed by atoms with E-state index < -0.39 is 38.1 Å². The number of carbonyl (C=O) groups is 1. The van der Waals surface area contributed by atoms with Gasteiger partial charge in [0.25, 0.3) is 15.9 Å². The molecule has 15 heteroatoms. The van der Waals surface area contributed by atoms with Gasteiger partial charge in [0.05, 0.1) is 47.3 Å². The van der Waals surface area contributed by atoms with Crippen molar-refractivity contribution >= 4 is 43.2 Å².